The number of nitrogens with zero attached hydrogens (tertiary/aromatic N) is 4. The number of benzene rings is 2. The first-order valence-corrected chi connectivity index (χ1v) is 10.6. The van der Waals surface area contributed by atoms with Crippen LogP contribution in [0, 0.1) is 0 Å². The van der Waals surface area contributed by atoms with E-state index in [1.165, 1.54) is 16.8 Å². The fourth-order valence-corrected chi connectivity index (χ4v) is 4.25. The number of ketones is 1. The smallest absolute Gasteiger partial charge is 0.252 e. The molecular weight excluding hydrogens is 420 g/mol. The van der Waals surface area contributed by atoms with Gasteiger partial charge in [0.25, 0.3) is 5.91 Å². The molecule has 10 heteroatoms. The van der Waals surface area contributed by atoms with E-state index >= 15 is 0 Å². The summed E-state index contributed by atoms with van der Waals surface area (Å²) in [6.07, 6.45) is 0. The van der Waals surface area contributed by atoms with Crippen LogP contribution in [0.1, 0.15) is 23.1 Å². The first-order valence-electron chi connectivity index (χ1n) is 9.63. The number of carbonyl (C=O) groups excluding carboxylic acids is 2. The summed E-state index contributed by atoms with van der Waals surface area (Å²) >= 11 is 1.28. The second-order valence-electron chi connectivity index (χ2n) is 6.95. The maximum Gasteiger partial charge on any atom is 0.252 e. The molecule has 158 valence electrons. The van der Waals surface area contributed by atoms with Gasteiger partial charge in [0, 0.05) is 11.6 Å². The Morgan fingerprint density at radius 1 is 1.16 bits per heavy atom. The maximum absolute atomic E-state index is 13.0. The summed E-state index contributed by atoms with van der Waals surface area (Å²) in [5.74, 6) is 2.08. The minimum absolute atomic E-state index is 0.0588. The molecule has 9 nitrogen and oxygen atoms in total. The summed E-state index contributed by atoms with van der Waals surface area (Å²) in [4.78, 5) is 25.8. The summed E-state index contributed by atoms with van der Waals surface area (Å²) < 4.78 is 18.1. The van der Waals surface area contributed by atoms with Gasteiger partial charge in [-0.2, -0.15) is 0 Å². The topological polar surface area (TPSA) is 95.8 Å². The van der Waals surface area contributed by atoms with Gasteiger partial charge in [0.1, 0.15) is 18.4 Å². The van der Waals surface area contributed by atoms with E-state index in [1.54, 1.807) is 54.1 Å². The van der Waals surface area contributed by atoms with Crippen molar-refractivity contribution in [3.8, 4) is 17.2 Å². The summed E-state index contributed by atoms with van der Waals surface area (Å²) in [5.41, 5.74) is 0.536. The Labute approximate surface area is 181 Å². The number of amides is 1. The van der Waals surface area contributed by atoms with Crippen LogP contribution in [0.4, 0.5) is 0 Å². The van der Waals surface area contributed by atoms with Crippen LogP contribution in [0.2, 0.25) is 0 Å². The highest BCUT2D eigenvalue weighted by Gasteiger charge is 2.35. The Hall–Kier alpha value is -3.53. The molecule has 0 saturated carbocycles. The van der Waals surface area contributed by atoms with Gasteiger partial charge in [0.2, 0.25) is 11.9 Å². The lowest BCUT2D eigenvalue weighted by Gasteiger charge is -2.33. The molecule has 0 radical (unpaired) electrons. The molecule has 1 amide bonds. The number of Topliss-reactive ketones (excluding diaryl/α,β-unsaturated/α-hetero) is 1. The Bertz CT molecular complexity index is 1150. The number of hydrogen-bond donors (Lipinski definition) is 0. The van der Waals surface area contributed by atoms with Crippen LogP contribution in [0.15, 0.2) is 53.7 Å². The molecule has 1 aromatic heterocycles. The van der Waals surface area contributed by atoms with Crippen LogP contribution in [0.5, 0.6) is 17.2 Å². The van der Waals surface area contributed by atoms with Crippen molar-refractivity contribution in [2.45, 2.75) is 24.7 Å². The van der Waals surface area contributed by atoms with E-state index in [-0.39, 0.29) is 30.8 Å². The number of ether oxygens (including phenoxy) is 3. The summed E-state index contributed by atoms with van der Waals surface area (Å²) in [7, 11) is 0. The standard InChI is InChI=1S/C21H18N4O5S/c1-13(20(27)14-5-3-2-4-6-14)24-19(26)11-31-21-23-22-18(25(21)24)10-28-15-7-8-16-17(9-15)30-12-29-16/h2-9,13H,10-12H2,1H3. The monoisotopic (exact) mass is 438 g/mol. The summed E-state index contributed by atoms with van der Waals surface area (Å²) in [5, 5.41) is 10.3. The zero-order chi connectivity index (χ0) is 21.4. The van der Waals surface area contributed by atoms with Gasteiger partial charge >= 0.3 is 0 Å². The van der Waals surface area contributed by atoms with Gasteiger partial charge in [0.15, 0.2) is 23.1 Å². The minimum Gasteiger partial charge on any atom is -0.485 e. The van der Waals surface area contributed by atoms with Crippen molar-refractivity contribution >= 4 is 23.5 Å². The van der Waals surface area contributed by atoms with Crippen LogP contribution in [-0.2, 0) is 11.4 Å². The van der Waals surface area contributed by atoms with Crippen molar-refractivity contribution < 1.29 is 23.8 Å². The van der Waals surface area contributed by atoms with Crippen molar-refractivity contribution in [3.63, 3.8) is 0 Å². The average molecular weight is 438 g/mol. The Morgan fingerprint density at radius 3 is 2.81 bits per heavy atom. The Kier molecular flexibility index (Phi) is 4.99. The number of thioether (sulfide) groups is 1. The van der Waals surface area contributed by atoms with Crippen molar-refractivity contribution in [1.82, 2.24) is 14.9 Å². The largest absolute Gasteiger partial charge is 0.485 e. The maximum atomic E-state index is 13.0. The van der Waals surface area contributed by atoms with Gasteiger partial charge in [-0.1, -0.05) is 42.1 Å². The van der Waals surface area contributed by atoms with E-state index in [2.05, 4.69) is 10.2 Å². The lowest BCUT2D eigenvalue weighted by atomic mass is 10.1. The van der Waals surface area contributed by atoms with Crippen LogP contribution < -0.4 is 19.2 Å². The SMILES string of the molecule is CC(C(=O)c1ccccc1)N1C(=O)CSc2nnc(COc3ccc4c(c3)OCO4)n21. The molecule has 1 atom stereocenters. The molecule has 0 aliphatic carbocycles. The molecule has 31 heavy (non-hydrogen) atoms. The highest BCUT2D eigenvalue weighted by molar-refractivity contribution is 7.99. The number of hydrogen-bond acceptors (Lipinski definition) is 8. The van der Waals surface area contributed by atoms with Crippen LogP contribution in [0.25, 0.3) is 0 Å². The molecule has 0 spiro atoms. The fraction of sp³-hybridized carbons (Fsp3) is 0.238. The lowest BCUT2D eigenvalue weighted by molar-refractivity contribution is -0.118. The van der Waals surface area contributed by atoms with Gasteiger partial charge in [-0.25, -0.2) is 9.69 Å². The highest BCUT2D eigenvalue weighted by atomic mass is 32.2. The predicted octanol–water partition coefficient (Wildman–Crippen LogP) is 2.43. The van der Waals surface area contributed by atoms with Crippen molar-refractivity contribution in [2.24, 2.45) is 0 Å². The number of fused-ring (bicyclic) bond motifs is 2. The molecule has 2 aromatic carbocycles. The van der Waals surface area contributed by atoms with E-state index in [1.807, 2.05) is 6.07 Å². The summed E-state index contributed by atoms with van der Waals surface area (Å²) in [6, 6.07) is 13.4. The van der Waals surface area contributed by atoms with Gasteiger partial charge in [-0.05, 0) is 19.1 Å². The molecule has 3 heterocycles. The fourth-order valence-electron chi connectivity index (χ4n) is 3.45. The molecule has 0 N–H and O–H groups in total. The molecule has 0 bridgehead atoms. The Morgan fingerprint density at radius 2 is 1.97 bits per heavy atom. The van der Waals surface area contributed by atoms with Crippen molar-refractivity contribution in [1.29, 1.82) is 0 Å². The van der Waals surface area contributed by atoms with E-state index < -0.39 is 6.04 Å². The molecular formula is C21H18N4O5S. The highest BCUT2D eigenvalue weighted by Crippen LogP contribution is 2.35. The molecule has 1 unspecified atom stereocenters. The lowest BCUT2D eigenvalue weighted by Crippen LogP contribution is -2.54. The number of aromatic nitrogens is 3. The first-order chi connectivity index (χ1) is 15.1. The van der Waals surface area contributed by atoms with E-state index in [0.717, 1.165) is 0 Å². The van der Waals surface area contributed by atoms with Gasteiger partial charge in [-0.3, -0.25) is 9.59 Å². The van der Waals surface area contributed by atoms with E-state index in [0.29, 0.717) is 33.8 Å². The molecule has 2 aliphatic heterocycles. The molecule has 0 saturated heterocycles. The third-order valence-corrected chi connectivity index (χ3v) is 5.89. The predicted molar refractivity (Wildman–Crippen MR) is 111 cm³/mol. The molecule has 2 aliphatic rings. The second-order valence-corrected chi connectivity index (χ2v) is 7.89. The quantitative estimate of drug-likeness (QED) is 0.542. The molecule has 5 rings (SSSR count). The second kappa shape index (κ2) is 7.95. The normalized spacial score (nSPS) is 15.5. The van der Waals surface area contributed by atoms with Crippen LogP contribution in [-0.4, -0.2) is 45.2 Å². The zero-order valence-electron chi connectivity index (χ0n) is 16.6. The van der Waals surface area contributed by atoms with E-state index in [4.69, 9.17) is 14.2 Å². The van der Waals surface area contributed by atoms with Gasteiger partial charge < -0.3 is 14.2 Å². The van der Waals surface area contributed by atoms with Gasteiger partial charge in [-0.15, -0.1) is 10.2 Å². The molecule has 0 fully saturated rings. The number of rotatable bonds is 6. The van der Waals surface area contributed by atoms with Crippen molar-refractivity contribution in [2.75, 3.05) is 17.6 Å². The third kappa shape index (κ3) is 3.59. The first kappa shape index (κ1) is 19.4. The third-order valence-electron chi connectivity index (χ3n) is 4.99. The minimum atomic E-state index is -0.727. The summed E-state index contributed by atoms with van der Waals surface area (Å²) in [6.45, 7) is 1.94. The van der Waals surface area contributed by atoms with Crippen LogP contribution >= 0.6 is 11.8 Å². The van der Waals surface area contributed by atoms with Gasteiger partial charge in [0.05, 0.1) is 5.75 Å². The molecule has 3 aromatic rings. The van der Waals surface area contributed by atoms with Crippen LogP contribution in [0.3, 0.4) is 0 Å². The van der Waals surface area contributed by atoms with E-state index in [9.17, 15) is 9.59 Å². The number of carbonyl (C=O) groups is 2. The average Bonchev–Trinajstić information content (AvgIpc) is 3.43. The zero-order valence-corrected chi connectivity index (χ0v) is 17.4. The van der Waals surface area contributed by atoms with Crippen molar-refractivity contribution in [3.05, 3.63) is 59.9 Å². The Balaban J connectivity index is 1.40.